The third-order valence-electron chi connectivity index (χ3n) is 4.97. The summed E-state index contributed by atoms with van der Waals surface area (Å²) in [5, 5.41) is 2.79. The number of aromatic nitrogens is 1. The van der Waals surface area contributed by atoms with Crippen molar-refractivity contribution in [3.8, 4) is 11.3 Å². The van der Waals surface area contributed by atoms with Gasteiger partial charge in [-0.3, -0.25) is 9.69 Å². The van der Waals surface area contributed by atoms with Crippen LogP contribution in [0.4, 0.5) is 5.13 Å². The van der Waals surface area contributed by atoms with Crippen LogP contribution in [0, 0.1) is 17.8 Å². The average molecular weight is 336 g/mol. The average Bonchev–Trinajstić information content (AvgIpc) is 3.36. The number of allylic oxidation sites excluding steroid dienone is 2. The Kier molecular flexibility index (Phi) is 4.07. The molecule has 1 fully saturated rings. The fourth-order valence-corrected chi connectivity index (χ4v) is 4.63. The van der Waals surface area contributed by atoms with Gasteiger partial charge in [0, 0.05) is 23.4 Å². The van der Waals surface area contributed by atoms with Crippen molar-refractivity contribution in [2.24, 2.45) is 17.8 Å². The largest absolute Gasteiger partial charge is 0.284 e. The van der Waals surface area contributed by atoms with E-state index in [1.54, 1.807) is 6.08 Å². The van der Waals surface area contributed by atoms with Gasteiger partial charge in [0.25, 0.3) is 0 Å². The van der Waals surface area contributed by atoms with Crippen LogP contribution >= 0.6 is 11.3 Å². The summed E-state index contributed by atoms with van der Waals surface area (Å²) in [4.78, 5) is 19.6. The molecule has 3 nitrogen and oxygen atoms in total. The fraction of sp³-hybridized carbons (Fsp3) is 0.300. The van der Waals surface area contributed by atoms with Crippen LogP contribution in [-0.4, -0.2) is 17.4 Å². The molecule has 4 heteroatoms. The van der Waals surface area contributed by atoms with Crippen molar-refractivity contribution in [1.29, 1.82) is 0 Å². The maximum Gasteiger partial charge on any atom is 0.232 e. The van der Waals surface area contributed by atoms with Crippen LogP contribution in [0.15, 0.2) is 60.5 Å². The van der Waals surface area contributed by atoms with Gasteiger partial charge in [0.05, 0.1) is 5.69 Å². The second kappa shape index (κ2) is 6.36. The van der Waals surface area contributed by atoms with Gasteiger partial charge in [-0.2, -0.15) is 0 Å². The van der Waals surface area contributed by atoms with Crippen LogP contribution in [0.25, 0.3) is 11.3 Å². The zero-order valence-corrected chi connectivity index (χ0v) is 14.3. The molecule has 4 rings (SSSR count). The third kappa shape index (κ3) is 2.71. The van der Waals surface area contributed by atoms with E-state index < -0.39 is 0 Å². The molecule has 1 heterocycles. The second-order valence-electron chi connectivity index (χ2n) is 6.51. The Hall–Kier alpha value is -2.20. The molecule has 1 aromatic carbocycles. The number of carbonyl (C=O) groups excluding carboxylic acids is 1. The summed E-state index contributed by atoms with van der Waals surface area (Å²) in [6.45, 7) is 4.33. The van der Waals surface area contributed by atoms with E-state index in [9.17, 15) is 4.79 Å². The van der Waals surface area contributed by atoms with Crippen molar-refractivity contribution in [3.05, 3.63) is 60.5 Å². The summed E-state index contributed by atoms with van der Waals surface area (Å²) >= 11 is 1.53. The molecule has 1 amide bonds. The standard InChI is InChI=1S/C20H20N2OS/c1-2-10-22(19(23)17-12-14-8-9-16(17)11-14)20-21-18(13-24-20)15-6-4-3-5-7-15/h2-9,13-14,16-17H,1,10-12H2. The van der Waals surface area contributed by atoms with Crippen LogP contribution in [0.1, 0.15) is 12.8 Å². The summed E-state index contributed by atoms with van der Waals surface area (Å²) in [5.41, 5.74) is 2.00. The minimum Gasteiger partial charge on any atom is -0.284 e. The van der Waals surface area contributed by atoms with Gasteiger partial charge in [0.15, 0.2) is 5.13 Å². The van der Waals surface area contributed by atoms with Gasteiger partial charge in [0.2, 0.25) is 5.91 Å². The van der Waals surface area contributed by atoms with Crippen LogP contribution in [0.3, 0.4) is 0 Å². The molecule has 1 aromatic heterocycles. The summed E-state index contributed by atoms with van der Waals surface area (Å²) in [6.07, 6.45) is 8.38. The van der Waals surface area contributed by atoms with E-state index in [1.165, 1.54) is 11.3 Å². The normalized spacial score (nSPS) is 24.2. The maximum absolute atomic E-state index is 13.1. The molecule has 2 aliphatic rings. The van der Waals surface area contributed by atoms with Gasteiger partial charge in [-0.15, -0.1) is 17.9 Å². The van der Waals surface area contributed by atoms with E-state index >= 15 is 0 Å². The van der Waals surface area contributed by atoms with Gasteiger partial charge in [-0.25, -0.2) is 4.98 Å². The quantitative estimate of drug-likeness (QED) is 0.751. The predicted molar refractivity (Wildman–Crippen MR) is 98.9 cm³/mol. The summed E-state index contributed by atoms with van der Waals surface area (Å²) < 4.78 is 0. The highest BCUT2D eigenvalue weighted by molar-refractivity contribution is 7.14. The van der Waals surface area contributed by atoms with E-state index in [4.69, 9.17) is 4.98 Å². The number of hydrogen-bond acceptors (Lipinski definition) is 3. The lowest BCUT2D eigenvalue weighted by atomic mass is 9.92. The van der Waals surface area contributed by atoms with Gasteiger partial charge in [0.1, 0.15) is 0 Å². The highest BCUT2D eigenvalue weighted by atomic mass is 32.1. The first kappa shape index (κ1) is 15.3. The molecular weight excluding hydrogens is 316 g/mol. The monoisotopic (exact) mass is 336 g/mol. The Balaban J connectivity index is 1.59. The number of hydrogen-bond donors (Lipinski definition) is 0. The number of nitrogens with zero attached hydrogens (tertiary/aromatic N) is 2. The number of thiazole rings is 1. The zero-order chi connectivity index (χ0) is 16.5. The van der Waals surface area contributed by atoms with Crippen LogP contribution < -0.4 is 4.90 Å². The second-order valence-corrected chi connectivity index (χ2v) is 7.34. The lowest BCUT2D eigenvalue weighted by molar-refractivity contribution is -0.123. The lowest BCUT2D eigenvalue weighted by Crippen LogP contribution is -2.38. The van der Waals surface area contributed by atoms with Crippen molar-refractivity contribution in [1.82, 2.24) is 4.98 Å². The lowest BCUT2D eigenvalue weighted by Gasteiger charge is -2.25. The summed E-state index contributed by atoms with van der Waals surface area (Å²) in [6, 6.07) is 10.1. The fourth-order valence-electron chi connectivity index (χ4n) is 3.79. The van der Waals surface area contributed by atoms with Crippen molar-refractivity contribution in [2.45, 2.75) is 12.8 Å². The van der Waals surface area contributed by atoms with Gasteiger partial charge in [-0.1, -0.05) is 48.6 Å². The molecule has 0 N–H and O–H groups in total. The Labute approximate surface area is 146 Å². The molecule has 3 unspecified atom stereocenters. The number of amides is 1. The van der Waals surface area contributed by atoms with Crippen molar-refractivity contribution >= 4 is 22.4 Å². The number of rotatable bonds is 5. The molecule has 0 spiro atoms. The topological polar surface area (TPSA) is 33.2 Å². The first-order chi connectivity index (χ1) is 11.8. The third-order valence-corrected chi connectivity index (χ3v) is 5.83. The number of benzene rings is 1. The number of anilines is 1. The van der Waals surface area contributed by atoms with Gasteiger partial charge in [-0.05, 0) is 24.7 Å². The summed E-state index contributed by atoms with van der Waals surface area (Å²) in [5.74, 6) is 1.29. The van der Waals surface area contributed by atoms with Crippen molar-refractivity contribution < 1.29 is 4.79 Å². The van der Waals surface area contributed by atoms with E-state index in [1.807, 2.05) is 40.6 Å². The van der Waals surface area contributed by atoms with Crippen molar-refractivity contribution in [2.75, 3.05) is 11.4 Å². The Bertz CT molecular complexity index is 780. The SMILES string of the molecule is C=CCN(C(=O)C1CC2C=CC1C2)c1nc(-c2ccccc2)cs1. The molecule has 24 heavy (non-hydrogen) atoms. The minimum absolute atomic E-state index is 0.101. The van der Waals surface area contributed by atoms with E-state index in [-0.39, 0.29) is 11.8 Å². The van der Waals surface area contributed by atoms with E-state index in [2.05, 4.69) is 18.7 Å². The molecular formula is C20H20N2OS. The van der Waals surface area contributed by atoms with Gasteiger partial charge >= 0.3 is 0 Å². The molecule has 0 saturated heterocycles. The van der Waals surface area contributed by atoms with Crippen LogP contribution in [0.2, 0.25) is 0 Å². The van der Waals surface area contributed by atoms with E-state index in [0.717, 1.165) is 29.2 Å². The number of carbonyl (C=O) groups is 1. The summed E-state index contributed by atoms with van der Waals surface area (Å²) in [7, 11) is 0. The maximum atomic E-state index is 13.1. The molecule has 2 aromatic rings. The van der Waals surface area contributed by atoms with Crippen molar-refractivity contribution in [3.63, 3.8) is 0 Å². The van der Waals surface area contributed by atoms with Crippen LogP contribution in [0.5, 0.6) is 0 Å². The highest BCUT2D eigenvalue weighted by Crippen LogP contribution is 2.44. The predicted octanol–water partition coefficient (Wildman–Crippen LogP) is 4.54. The molecule has 2 bridgehead atoms. The zero-order valence-electron chi connectivity index (χ0n) is 13.5. The molecule has 1 saturated carbocycles. The number of fused-ring (bicyclic) bond motifs is 2. The van der Waals surface area contributed by atoms with Gasteiger partial charge < -0.3 is 0 Å². The first-order valence-electron chi connectivity index (χ1n) is 8.38. The molecule has 0 aliphatic heterocycles. The first-order valence-corrected chi connectivity index (χ1v) is 9.26. The smallest absolute Gasteiger partial charge is 0.232 e. The molecule has 0 radical (unpaired) electrons. The molecule has 122 valence electrons. The van der Waals surface area contributed by atoms with E-state index in [0.29, 0.717) is 18.4 Å². The minimum atomic E-state index is 0.101. The highest BCUT2D eigenvalue weighted by Gasteiger charge is 2.42. The Morgan fingerprint density at radius 3 is 2.79 bits per heavy atom. The Morgan fingerprint density at radius 2 is 2.12 bits per heavy atom. The molecule has 3 atom stereocenters. The Morgan fingerprint density at radius 1 is 1.29 bits per heavy atom. The van der Waals surface area contributed by atoms with Crippen LogP contribution in [-0.2, 0) is 4.79 Å². The molecule has 2 aliphatic carbocycles.